The molecule has 6 heteroatoms. The summed E-state index contributed by atoms with van der Waals surface area (Å²) in [4.78, 5) is 19.4. The molecule has 2 heterocycles. The zero-order valence-electron chi connectivity index (χ0n) is 13.1. The number of Topliss-reactive ketones (excluding diaryl/α,β-unsaturated/α-hetero) is 1. The summed E-state index contributed by atoms with van der Waals surface area (Å²) in [5, 5.41) is 3.26. The second-order valence-corrected chi connectivity index (χ2v) is 5.98. The van der Waals surface area contributed by atoms with Gasteiger partial charge in [-0.15, -0.1) is 0 Å². The third-order valence-corrected chi connectivity index (χ3v) is 4.16. The molecule has 2 saturated heterocycles. The highest BCUT2D eigenvalue weighted by molar-refractivity contribution is 5.97. The maximum absolute atomic E-state index is 12.2. The van der Waals surface area contributed by atoms with Crippen molar-refractivity contribution in [3.63, 3.8) is 0 Å². The molecule has 3 rings (SSSR count). The molecule has 22 heavy (non-hydrogen) atoms. The van der Waals surface area contributed by atoms with Gasteiger partial charge in [0, 0.05) is 18.7 Å². The Morgan fingerprint density at radius 3 is 2.73 bits per heavy atom. The van der Waals surface area contributed by atoms with Gasteiger partial charge in [0.1, 0.15) is 5.75 Å². The van der Waals surface area contributed by atoms with E-state index in [0.29, 0.717) is 12.1 Å². The molecule has 2 fully saturated rings. The minimum atomic E-state index is 0.0942. The van der Waals surface area contributed by atoms with Crippen molar-refractivity contribution < 1.29 is 9.53 Å². The number of benzene rings is 1. The van der Waals surface area contributed by atoms with E-state index in [-0.39, 0.29) is 5.78 Å². The lowest BCUT2D eigenvalue weighted by molar-refractivity contribution is -0.0579. The number of methoxy groups -OCH3 is 1. The Labute approximate surface area is 131 Å². The van der Waals surface area contributed by atoms with Gasteiger partial charge < -0.3 is 4.74 Å². The minimum Gasteiger partial charge on any atom is -0.497 e. The first-order valence-corrected chi connectivity index (χ1v) is 7.79. The lowest BCUT2D eigenvalue weighted by atomic mass is 10.1. The van der Waals surface area contributed by atoms with Gasteiger partial charge in [-0.1, -0.05) is 12.1 Å². The Morgan fingerprint density at radius 1 is 1.23 bits per heavy atom. The normalized spacial score (nSPS) is 25.0. The molecular formula is C16H24N4O2. The molecule has 0 saturated carbocycles. The Balaban J connectivity index is 1.45. The summed E-state index contributed by atoms with van der Waals surface area (Å²) in [5.74, 6) is 0.812. The summed E-state index contributed by atoms with van der Waals surface area (Å²) in [5.41, 5.74) is 0.690. The van der Waals surface area contributed by atoms with Gasteiger partial charge in [0.2, 0.25) is 0 Å². The van der Waals surface area contributed by atoms with Gasteiger partial charge in [0.05, 0.1) is 40.3 Å². The van der Waals surface area contributed by atoms with Gasteiger partial charge in [0.25, 0.3) is 0 Å². The summed E-state index contributed by atoms with van der Waals surface area (Å²) in [6.45, 7) is 6.49. The second-order valence-electron chi connectivity index (χ2n) is 5.98. The van der Waals surface area contributed by atoms with E-state index in [1.54, 1.807) is 13.2 Å². The molecule has 0 aliphatic carbocycles. The van der Waals surface area contributed by atoms with Crippen molar-refractivity contribution in [3.8, 4) is 5.75 Å². The summed E-state index contributed by atoms with van der Waals surface area (Å²) in [6.07, 6.45) is 1.26. The van der Waals surface area contributed by atoms with E-state index in [1.807, 2.05) is 18.2 Å². The number of nitrogens with zero attached hydrogens (tertiary/aromatic N) is 3. The molecule has 120 valence electrons. The fourth-order valence-electron chi connectivity index (χ4n) is 3.11. The number of carbonyl (C=O) groups is 1. The standard InChI is InChI=1S/C16H24N4O2/c1-22-15-5-2-4-14(8-15)16(21)9-17-10-20-12-18-6-3-7-19(11-18)13-20/h2,4-5,8,17H,3,6-7,9-13H2,1H3. The average Bonchev–Trinajstić information content (AvgIpc) is 2.54. The highest BCUT2D eigenvalue weighted by Crippen LogP contribution is 2.14. The van der Waals surface area contributed by atoms with Gasteiger partial charge in [-0.05, 0) is 18.6 Å². The molecule has 1 aromatic rings. The largest absolute Gasteiger partial charge is 0.497 e. The van der Waals surface area contributed by atoms with Crippen LogP contribution in [0.15, 0.2) is 24.3 Å². The van der Waals surface area contributed by atoms with Crippen LogP contribution in [0.3, 0.4) is 0 Å². The van der Waals surface area contributed by atoms with E-state index >= 15 is 0 Å². The monoisotopic (exact) mass is 304 g/mol. The summed E-state index contributed by atoms with van der Waals surface area (Å²) >= 11 is 0. The van der Waals surface area contributed by atoms with Gasteiger partial charge in [0.15, 0.2) is 5.78 Å². The number of hydrogen-bond donors (Lipinski definition) is 1. The van der Waals surface area contributed by atoms with Crippen LogP contribution < -0.4 is 10.1 Å². The van der Waals surface area contributed by atoms with Crippen LogP contribution in [0.2, 0.25) is 0 Å². The summed E-state index contributed by atoms with van der Waals surface area (Å²) in [6, 6.07) is 7.31. The van der Waals surface area contributed by atoms with Crippen LogP contribution in [0.25, 0.3) is 0 Å². The minimum absolute atomic E-state index is 0.0942. The highest BCUT2D eigenvalue weighted by Gasteiger charge is 2.26. The number of carbonyl (C=O) groups excluding carboxylic acids is 1. The molecule has 2 atom stereocenters. The smallest absolute Gasteiger partial charge is 0.176 e. The predicted molar refractivity (Wildman–Crippen MR) is 84.7 cm³/mol. The van der Waals surface area contributed by atoms with Crippen LogP contribution in [0.1, 0.15) is 16.8 Å². The molecule has 0 amide bonds. The van der Waals surface area contributed by atoms with E-state index in [4.69, 9.17) is 4.74 Å². The van der Waals surface area contributed by atoms with Crippen molar-refractivity contribution in [2.75, 3.05) is 53.4 Å². The van der Waals surface area contributed by atoms with Crippen LogP contribution in [0.5, 0.6) is 5.75 Å². The van der Waals surface area contributed by atoms with E-state index in [9.17, 15) is 4.79 Å². The summed E-state index contributed by atoms with van der Waals surface area (Å²) < 4.78 is 5.16. The number of ether oxygens (including phenoxy) is 1. The number of rotatable bonds is 6. The first kappa shape index (κ1) is 15.4. The fraction of sp³-hybridized carbons (Fsp3) is 0.562. The molecule has 0 spiro atoms. The van der Waals surface area contributed by atoms with Gasteiger partial charge in [-0.3, -0.25) is 24.8 Å². The lowest BCUT2D eigenvalue weighted by Gasteiger charge is -2.45. The van der Waals surface area contributed by atoms with Crippen molar-refractivity contribution in [3.05, 3.63) is 29.8 Å². The molecular weight excluding hydrogens is 280 g/mol. The van der Waals surface area contributed by atoms with Crippen LogP contribution >= 0.6 is 0 Å². The SMILES string of the molecule is COc1cccc(C(=O)CNCN2CN3CCCN(C3)C2)c1. The van der Waals surface area contributed by atoms with Crippen LogP contribution in [0.4, 0.5) is 0 Å². The molecule has 2 bridgehead atoms. The lowest BCUT2D eigenvalue weighted by Crippen LogP contribution is -2.59. The number of nitrogens with one attached hydrogen (secondary N) is 1. The molecule has 2 unspecified atom stereocenters. The first-order chi connectivity index (χ1) is 10.7. The van der Waals surface area contributed by atoms with Gasteiger partial charge in [-0.2, -0.15) is 0 Å². The first-order valence-electron chi connectivity index (χ1n) is 7.79. The van der Waals surface area contributed by atoms with Crippen molar-refractivity contribution in [2.45, 2.75) is 6.42 Å². The Hall–Kier alpha value is -1.47. The van der Waals surface area contributed by atoms with E-state index in [2.05, 4.69) is 20.0 Å². The molecule has 6 nitrogen and oxygen atoms in total. The maximum atomic E-state index is 12.2. The zero-order valence-corrected chi connectivity index (χ0v) is 13.1. The van der Waals surface area contributed by atoms with Crippen molar-refractivity contribution in [1.82, 2.24) is 20.0 Å². The Bertz CT molecular complexity index is 511. The Kier molecular flexibility index (Phi) is 5.04. The zero-order chi connectivity index (χ0) is 15.4. The van der Waals surface area contributed by atoms with Gasteiger partial charge >= 0.3 is 0 Å². The molecule has 1 N–H and O–H groups in total. The highest BCUT2D eigenvalue weighted by atomic mass is 16.5. The molecule has 0 aromatic heterocycles. The van der Waals surface area contributed by atoms with Crippen molar-refractivity contribution >= 4 is 5.78 Å². The molecule has 2 aliphatic rings. The number of hydrogen-bond acceptors (Lipinski definition) is 6. The van der Waals surface area contributed by atoms with Crippen molar-refractivity contribution in [2.24, 2.45) is 0 Å². The van der Waals surface area contributed by atoms with Crippen LogP contribution in [0, 0.1) is 0 Å². The summed E-state index contributed by atoms with van der Waals surface area (Å²) in [7, 11) is 1.61. The van der Waals surface area contributed by atoms with Gasteiger partial charge in [-0.25, -0.2) is 0 Å². The van der Waals surface area contributed by atoms with E-state index in [0.717, 1.165) is 32.4 Å². The predicted octanol–water partition coefficient (Wildman–Crippen LogP) is 0.621. The maximum Gasteiger partial charge on any atom is 0.176 e. The number of fused-ring (bicyclic) bond motifs is 2. The fourth-order valence-corrected chi connectivity index (χ4v) is 3.11. The van der Waals surface area contributed by atoms with Crippen molar-refractivity contribution in [1.29, 1.82) is 0 Å². The quantitative estimate of drug-likeness (QED) is 0.778. The average molecular weight is 304 g/mol. The molecule has 0 radical (unpaired) electrons. The van der Waals surface area contributed by atoms with E-state index < -0.39 is 0 Å². The van der Waals surface area contributed by atoms with Crippen LogP contribution in [-0.4, -0.2) is 73.9 Å². The third-order valence-electron chi connectivity index (χ3n) is 4.16. The Morgan fingerprint density at radius 2 is 2.00 bits per heavy atom. The molecule has 2 aliphatic heterocycles. The third kappa shape index (κ3) is 3.84. The van der Waals surface area contributed by atoms with Crippen LogP contribution in [-0.2, 0) is 0 Å². The number of ketones is 1. The van der Waals surface area contributed by atoms with E-state index in [1.165, 1.54) is 19.5 Å². The topological polar surface area (TPSA) is 48.1 Å². The molecule has 1 aromatic carbocycles. The second kappa shape index (κ2) is 7.19.